The molecule has 1 aromatic rings. The van der Waals surface area contributed by atoms with Crippen molar-refractivity contribution in [1.29, 1.82) is 0 Å². The van der Waals surface area contributed by atoms with Crippen molar-refractivity contribution >= 4 is 11.6 Å². The predicted octanol–water partition coefficient (Wildman–Crippen LogP) is 2.86. The fraction of sp³-hybridized carbons (Fsp3) is 0.455. The average molecular weight is 232 g/mol. The zero-order chi connectivity index (χ0) is 11.6. The smallest absolute Gasteiger partial charge is 0.141 e. The molecule has 0 aliphatic carbocycles. The summed E-state index contributed by atoms with van der Waals surface area (Å²) >= 11 is 5.90. The van der Waals surface area contributed by atoms with Crippen LogP contribution in [-0.2, 0) is 0 Å². The largest absolute Gasteiger partial charge is 0.495 e. The van der Waals surface area contributed by atoms with Gasteiger partial charge in [-0.1, -0.05) is 18.5 Å². The standard InChI is InChI=1S/C11H15ClFNO/c1-6(5-14)10-7(2)9(13)4-8(12)11(10)15-3/h4,6H,5,14H2,1-3H3. The van der Waals surface area contributed by atoms with Gasteiger partial charge in [0.15, 0.2) is 0 Å². The molecule has 0 aliphatic rings. The number of hydrogen-bond donors (Lipinski definition) is 1. The van der Waals surface area contributed by atoms with E-state index in [1.54, 1.807) is 6.92 Å². The van der Waals surface area contributed by atoms with Gasteiger partial charge < -0.3 is 10.5 Å². The van der Waals surface area contributed by atoms with Crippen LogP contribution in [-0.4, -0.2) is 13.7 Å². The number of rotatable bonds is 3. The maximum Gasteiger partial charge on any atom is 0.141 e. The van der Waals surface area contributed by atoms with E-state index in [1.807, 2.05) is 6.92 Å². The number of methoxy groups -OCH3 is 1. The van der Waals surface area contributed by atoms with Crippen molar-refractivity contribution in [3.05, 3.63) is 28.0 Å². The number of benzene rings is 1. The van der Waals surface area contributed by atoms with Crippen LogP contribution in [0.25, 0.3) is 0 Å². The number of hydrogen-bond acceptors (Lipinski definition) is 2. The van der Waals surface area contributed by atoms with Crippen LogP contribution in [0.15, 0.2) is 6.07 Å². The summed E-state index contributed by atoms with van der Waals surface area (Å²) < 4.78 is 18.7. The highest BCUT2D eigenvalue weighted by atomic mass is 35.5. The molecule has 0 saturated carbocycles. The van der Waals surface area contributed by atoms with E-state index in [0.717, 1.165) is 5.56 Å². The highest BCUT2D eigenvalue weighted by Gasteiger charge is 2.19. The quantitative estimate of drug-likeness (QED) is 0.868. The van der Waals surface area contributed by atoms with Crippen LogP contribution in [0.3, 0.4) is 0 Å². The molecule has 2 nitrogen and oxygen atoms in total. The molecular formula is C11H15ClFNO. The zero-order valence-electron chi connectivity index (χ0n) is 9.10. The monoisotopic (exact) mass is 231 g/mol. The summed E-state index contributed by atoms with van der Waals surface area (Å²) in [5, 5.41) is 0.288. The highest BCUT2D eigenvalue weighted by Crippen LogP contribution is 2.37. The van der Waals surface area contributed by atoms with Gasteiger partial charge in [-0.15, -0.1) is 0 Å². The Morgan fingerprint density at radius 2 is 2.20 bits per heavy atom. The molecule has 84 valence electrons. The lowest BCUT2D eigenvalue weighted by atomic mass is 9.95. The Morgan fingerprint density at radius 3 is 2.67 bits per heavy atom. The Morgan fingerprint density at radius 1 is 1.60 bits per heavy atom. The molecule has 0 heterocycles. The molecule has 2 N–H and O–H groups in total. The lowest BCUT2D eigenvalue weighted by molar-refractivity contribution is 0.404. The highest BCUT2D eigenvalue weighted by molar-refractivity contribution is 6.32. The first-order valence-electron chi connectivity index (χ1n) is 4.75. The minimum Gasteiger partial charge on any atom is -0.495 e. The van der Waals surface area contributed by atoms with Crippen LogP contribution in [0.4, 0.5) is 4.39 Å². The van der Waals surface area contributed by atoms with Gasteiger partial charge in [0, 0.05) is 5.56 Å². The SMILES string of the molecule is COc1c(Cl)cc(F)c(C)c1C(C)CN. The van der Waals surface area contributed by atoms with Gasteiger partial charge in [-0.2, -0.15) is 0 Å². The molecule has 0 aromatic heterocycles. The molecular weight excluding hydrogens is 217 g/mol. The van der Waals surface area contributed by atoms with Crippen LogP contribution in [0.1, 0.15) is 24.0 Å². The van der Waals surface area contributed by atoms with Crippen molar-refractivity contribution in [3.8, 4) is 5.75 Å². The van der Waals surface area contributed by atoms with Gasteiger partial charge in [-0.3, -0.25) is 0 Å². The molecule has 15 heavy (non-hydrogen) atoms. The second-order valence-electron chi connectivity index (χ2n) is 3.55. The Balaban J connectivity index is 3.43. The summed E-state index contributed by atoms with van der Waals surface area (Å²) in [4.78, 5) is 0. The summed E-state index contributed by atoms with van der Waals surface area (Å²) in [7, 11) is 1.52. The molecule has 0 saturated heterocycles. The van der Waals surface area contributed by atoms with Gasteiger partial charge in [0.1, 0.15) is 11.6 Å². The number of ether oxygens (including phenoxy) is 1. The fourth-order valence-corrected chi connectivity index (χ4v) is 1.91. The first kappa shape index (κ1) is 12.3. The molecule has 0 amide bonds. The van der Waals surface area contributed by atoms with Crippen molar-refractivity contribution in [2.45, 2.75) is 19.8 Å². The van der Waals surface area contributed by atoms with E-state index < -0.39 is 0 Å². The second-order valence-corrected chi connectivity index (χ2v) is 3.96. The average Bonchev–Trinajstić information content (AvgIpc) is 2.21. The van der Waals surface area contributed by atoms with Gasteiger partial charge in [0.25, 0.3) is 0 Å². The molecule has 0 fully saturated rings. The van der Waals surface area contributed by atoms with Crippen molar-refractivity contribution in [2.24, 2.45) is 5.73 Å². The molecule has 1 rings (SSSR count). The van der Waals surface area contributed by atoms with Gasteiger partial charge >= 0.3 is 0 Å². The third-order valence-electron chi connectivity index (χ3n) is 2.53. The Hall–Kier alpha value is -0.800. The van der Waals surface area contributed by atoms with Crippen LogP contribution < -0.4 is 10.5 Å². The van der Waals surface area contributed by atoms with E-state index in [-0.39, 0.29) is 16.8 Å². The van der Waals surface area contributed by atoms with Crippen LogP contribution in [0.2, 0.25) is 5.02 Å². The van der Waals surface area contributed by atoms with E-state index in [4.69, 9.17) is 22.1 Å². The third kappa shape index (κ3) is 2.24. The normalized spacial score (nSPS) is 12.7. The van der Waals surface area contributed by atoms with Gasteiger partial charge in [-0.05, 0) is 31.0 Å². The lowest BCUT2D eigenvalue weighted by Crippen LogP contribution is -2.12. The van der Waals surface area contributed by atoms with E-state index in [1.165, 1.54) is 13.2 Å². The molecule has 1 aromatic carbocycles. The molecule has 0 aliphatic heterocycles. The topological polar surface area (TPSA) is 35.2 Å². The molecule has 4 heteroatoms. The Labute approximate surface area is 94.2 Å². The van der Waals surface area contributed by atoms with Gasteiger partial charge in [0.05, 0.1) is 12.1 Å². The van der Waals surface area contributed by atoms with Crippen LogP contribution >= 0.6 is 11.6 Å². The predicted molar refractivity (Wildman–Crippen MR) is 60.2 cm³/mol. The van der Waals surface area contributed by atoms with Crippen molar-refractivity contribution in [3.63, 3.8) is 0 Å². The van der Waals surface area contributed by atoms with Gasteiger partial charge in [-0.25, -0.2) is 4.39 Å². The molecule has 0 radical (unpaired) electrons. The summed E-state index contributed by atoms with van der Waals surface area (Å²) in [6, 6.07) is 1.27. The molecule has 1 unspecified atom stereocenters. The third-order valence-corrected chi connectivity index (χ3v) is 2.81. The Kier molecular flexibility index (Phi) is 3.94. The van der Waals surface area contributed by atoms with Crippen molar-refractivity contribution < 1.29 is 9.13 Å². The second kappa shape index (κ2) is 4.81. The first-order valence-corrected chi connectivity index (χ1v) is 5.13. The first-order chi connectivity index (χ1) is 7.02. The molecule has 0 spiro atoms. The lowest BCUT2D eigenvalue weighted by Gasteiger charge is -2.18. The zero-order valence-corrected chi connectivity index (χ0v) is 9.86. The molecule has 1 atom stereocenters. The van der Waals surface area contributed by atoms with Crippen molar-refractivity contribution in [1.82, 2.24) is 0 Å². The summed E-state index contributed by atoms with van der Waals surface area (Å²) in [6.45, 7) is 4.05. The maximum absolute atomic E-state index is 13.5. The number of halogens is 2. The summed E-state index contributed by atoms with van der Waals surface area (Å²) in [5.74, 6) is 0.220. The van der Waals surface area contributed by atoms with E-state index in [0.29, 0.717) is 17.9 Å². The minimum absolute atomic E-state index is 0.0214. The summed E-state index contributed by atoms with van der Waals surface area (Å²) in [6.07, 6.45) is 0. The number of nitrogens with two attached hydrogens (primary N) is 1. The van der Waals surface area contributed by atoms with Crippen LogP contribution in [0.5, 0.6) is 5.75 Å². The maximum atomic E-state index is 13.5. The van der Waals surface area contributed by atoms with E-state index in [2.05, 4.69) is 0 Å². The fourth-order valence-electron chi connectivity index (χ4n) is 1.63. The molecule has 0 bridgehead atoms. The van der Waals surface area contributed by atoms with Crippen LogP contribution in [0, 0.1) is 12.7 Å². The summed E-state index contributed by atoms with van der Waals surface area (Å²) in [5.41, 5.74) is 6.88. The Bertz CT molecular complexity index is 368. The van der Waals surface area contributed by atoms with E-state index in [9.17, 15) is 4.39 Å². The van der Waals surface area contributed by atoms with Crippen molar-refractivity contribution in [2.75, 3.05) is 13.7 Å². The van der Waals surface area contributed by atoms with Gasteiger partial charge in [0.2, 0.25) is 0 Å². The minimum atomic E-state index is -0.323. The van der Waals surface area contributed by atoms with E-state index >= 15 is 0 Å².